The second-order valence-electron chi connectivity index (χ2n) is 6.46. The van der Waals surface area contributed by atoms with Gasteiger partial charge in [0.2, 0.25) is 0 Å². The summed E-state index contributed by atoms with van der Waals surface area (Å²) >= 11 is 0. The van der Waals surface area contributed by atoms with Gasteiger partial charge in [-0.05, 0) is 17.5 Å². The second-order valence-corrected chi connectivity index (χ2v) is 6.46. The summed E-state index contributed by atoms with van der Waals surface area (Å²) in [5, 5.41) is 0. The number of hydrogen-bond acceptors (Lipinski definition) is 1. The fraction of sp³-hybridized carbons (Fsp3) is 0.643. The molecule has 0 unspecified atom stereocenters. The maximum atomic E-state index is 4.25. The van der Waals surface area contributed by atoms with Gasteiger partial charge in [0.15, 0.2) is 0 Å². The molecule has 0 aromatic carbocycles. The van der Waals surface area contributed by atoms with Crippen molar-refractivity contribution >= 4 is 0 Å². The van der Waals surface area contributed by atoms with E-state index in [9.17, 15) is 0 Å². The van der Waals surface area contributed by atoms with E-state index in [4.69, 9.17) is 0 Å². The molecule has 0 aliphatic carbocycles. The normalized spacial score (nSPS) is 11.7. The van der Waals surface area contributed by atoms with E-state index in [1.807, 2.05) is 18.3 Å². The van der Waals surface area contributed by atoms with Crippen LogP contribution in [-0.4, -0.2) is 4.98 Å². The van der Waals surface area contributed by atoms with Crippen LogP contribution < -0.4 is 0 Å². The molecule has 0 spiro atoms. The molecular weight excluding hydrogens is 182 g/mol. The van der Waals surface area contributed by atoms with Gasteiger partial charge in [0.25, 0.3) is 0 Å². The lowest BCUT2D eigenvalue weighted by atomic mass is 9.92. The van der Waals surface area contributed by atoms with E-state index in [1.54, 1.807) is 0 Å². The van der Waals surface area contributed by atoms with E-state index in [0.717, 1.165) is 5.69 Å². The summed E-state index contributed by atoms with van der Waals surface area (Å²) in [5.74, 6) is 0. The largest absolute Gasteiger partial charge is 0.261 e. The zero-order valence-corrected chi connectivity index (χ0v) is 11.3. The quantitative estimate of drug-likeness (QED) is 0.613. The minimum absolute atomic E-state index is 0.182. The van der Waals surface area contributed by atoms with Crippen LogP contribution in [0.1, 0.15) is 54.2 Å². The highest BCUT2D eigenvalue weighted by molar-refractivity contribution is 5.12. The molecule has 1 aromatic rings. The first-order valence-electron chi connectivity index (χ1n) is 5.52. The van der Waals surface area contributed by atoms with E-state index in [-0.39, 0.29) is 5.41 Å². The molecule has 0 saturated heterocycles. The third-order valence-electron chi connectivity index (χ3n) is 1.43. The lowest BCUT2D eigenvalue weighted by Gasteiger charge is -2.16. The van der Waals surface area contributed by atoms with Crippen LogP contribution in [-0.2, 0) is 5.41 Å². The van der Waals surface area contributed by atoms with Crippen LogP contribution in [0.15, 0.2) is 24.4 Å². The summed E-state index contributed by atoms with van der Waals surface area (Å²) in [6.07, 6.45) is 1.83. The smallest absolute Gasteiger partial charge is 0.0457 e. The monoisotopic (exact) mass is 207 g/mol. The zero-order valence-electron chi connectivity index (χ0n) is 11.3. The van der Waals surface area contributed by atoms with Crippen LogP contribution in [0.5, 0.6) is 0 Å². The van der Waals surface area contributed by atoms with Crippen molar-refractivity contribution in [3.05, 3.63) is 30.1 Å². The SMILES string of the molecule is CC(C)(C)C.CC(C)(C)c1ccccn1. The van der Waals surface area contributed by atoms with Crippen molar-refractivity contribution in [3.63, 3.8) is 0 Å². The molecule has 1 aromatic heterocycles. The van der Waals surface area contributed by atoms with Gasteiger partial charge in [0.05, 0.1) is 0 Å². The number of hydrogen-bond donors (Lipinski definition) is 0. The van der Waals surface area contributed by atoms with Crippen LogP contribution >= 0.6 is 0 Å². The standard InChI is InChI=1S/C9H13N.C5H12/c1-9(2,3)8-6-4-5-7-10-8;1-5(2,3)4/h4-7H,1-3H3;1-4H3. The number of aromatic nitrogens is 1. The molecule has 0 radical (unpaired) electrons. The van der Waals surface area contributed by atoms with Gasteiger partial charge in [-0.25, -0.2) is 0 Å². The first-order valence-corrected chi connectivity index (χ1v) is 5.52. The fourth-order valence-corrected chi connectivity index (χ4v) is 0.806. The van der Waals surface area contributed by atoms with E-state index in [1.165, 1.54) is 0 Å². The van der Waals surface area contributed by atoms with Crippen LogP contribution in [0.25, 0.3) is 0 Å². The molecule has 0 saturated carbocycles. The van der Waals surface area contributed by atoms with Crippen LogP contribution in [0.2, 0.25) is 0 Å². The Kier molecular flexibility index (Phi) is 4.99. The highest BCUT2D eigenvalue weighted by atomic mass is 14.7. The van der Waals surface area contributed by atoms with E-state index in [2.05, 4.69) is 59.5 Å². The van der Waals surface area contributed by atoms with Gasteiger partial charge >= 0.3 is 0 Å². The number of rotatable bonds is 0. The Labute approximate surface area is 94.9 Å². The molecule has 0 N–H and O–H groups in total. The van der Waals surface area contributed by atoms with Gasteiger partial charge in [-0.1, -0.05) is 54.5 Å². The summed E-state index contributed by atoms with van der Waals surface area (Å²) < 4.78 is 0. The molecule has 0 fully saturated rings. The van der Waals surface area contributed by atoms with Crippen LogP contribution in [0.4, 0.5) is 0 Å². The lowest BCUT2D eigenvalue weighted by molar-refractivity contribution is 0.469. The summed E-state index contributed by atoms with van der Waals surface area (Å²) in [5.41, 5.74) is 1.83. The molecule has 1 heteroatoms. The summed E-state index contributed by atoms with van der Waals surface area (Å²) in [4.78, 5) is 4.25. The van der Waals surface area contributed by atoms with E-state index < -0.39 is 0 Å². The highest BCUT2D eigenvalue weighted by Crippen LogP contribution is 2.18. The lowest BCUT2D eigenvalue weighted by Crippen LogP contribution is -2.12. The van der Waals surface area contributed by atoms with E-state index >= 15 is 0 Å². The Morgan fingerprint density at radius 1 is 0.867 bits per heavy atom. The van der Waals surface area contributed by atoms with Crippen molar-refractivity contribution in [1.29, 1.82) is 0 Å². The maximum absolute atomic E-state index is 4.25. The van der Waals surface area contributed by atoms with Crippen molar-refractivity contribution < 1.29 is 0 Å². The van der Waals surface area contributed by atoms with Crippen molar-refractivity contribution in [1.82, 2.24) is 4.98 Å². The Hall–Kier alpha value is -0.850. The molecule has 0 bridgehead atoms. The molecule has 1 heterocycles. The van der Waals surface area contributed by atoms with E-state index in [0.29, 0.717) is 5.41 Å². The van der Waals surface area contributed by atoms with Crippen LogP contribution in [0.3, 0.4) is 0 Å². The van der Waals surface area contributed by atoms with Gasteiger partial charge < -0.3 is 0 Å². The van der Waals surface area contributed by atoms with Crippen molar-refractivity contribution in [3.8, 4) is 0 Å². The molecule has 1 nitrogen and oxygen atoms in total. The Bertz CT molecular complexity index is 256. The molecule has 86 valence electrons. The topological polar surface area (TPSA) is 12.9 Å². The van der Waals surface area contributed by atoms with Gasteiger partial charge in [0.1, 0.15) is 0 Å². The number of pyridine rings is 1. The third-order valence-corrected chi connectivity index (χ3v) is 1.43. The second kappa shape index (κ2) is 5.29. The Balaban J connectivity index is 0.000000336. The summed E-state index contributed by atoms with van der Waals surface area (Å²) in [6.45, 7) is 15.2. The predicted octanol–water partition coefficient (Wildman–Crippen LogP) is 4.43. The third kappa shape index (κ3) is 9.45. The summed E-state index contributed by atoms with van der Waals surface area (Å²) in [6, 6.07) is 6.02. The summed E-state index contributed by atoms with van der Waals surface area (Å²) in [7, 11) is 0. The molecular formula is C14H25N. The molecule has 0 aliphatic rings. The van der Waals surface area contributed by atoms with Gasteiger partial charge in [-0.3, -0.25) is 4.98 Å². The van der Waals surface area contributed by atoms with Crippen molar-refractivity contribution in [2.75, 3.05) is 0 Å². The average molecular weight is 207 g/mol. The molecule has 0 atom stereocenters. The molecule has 1 rings (SSSR count). The average Bonchev–Trinajstić information content (AvgIpc) is 2.01. The Morgan fingerprint density at radius 2 is 1.33 bits per heavy atom. The fourth-order valence-electron chi connectivity index (χ4n) is 0.806. The van der Waals surface area contributed by atoms with Gasteiger partial charge in [-0.2, -0.15) is 0 Å². The first-order chi connectivity index (χ1) is 6.61. The Morgan fingerprint density at radius 3 is 1.53 bits per heavy atom. The molecule has 15 heavy (non-hydrogen) atoms. The molecule has 0 aliphatic heterocycles. The van der Waals surface area contributed by atoms with Crippen molar-refractivity contribution in [2.45, 2.75) is 53.9 Å². The zero-order chi connectivity index (χ0) is 12.1. The predicted molar refractivity (Wildman–Crippen MR) is 68.1 cm³/mol. The number of nitrogens with zero attached hydrogens (tertiary/aromatic N) is 1. The maximum Gasteiger partial charge on any atom is 0.0457 e. The molecule has 0 amide bonds. The van der Waals surface area contributed by atoms with Crippen molar-refractivity contribution in [2.24, 2.45) is 5.41 Å². The minimum Gasteiger partial charge on any atom is -0.261 e. The van der Waals surface area contributed by atoms with Gasteiger partial charge in [-0.15, -0.1) is 0 Å². The highest BCUT2D eigenvalue weighted by Gasteiger charge is 2.13. The van der Waals surface area contributed by atoms with Crippen LogP contribution in [0, 0.1) is 5.41 Å². The minimum atomic E-state index is 0.182. The first kappa shape index (κ1) is 14.2. The van der Waals surface area contributed by atoms with Gasteiger partial charge in [0, 0.05) is 17.3 Å².